The van der Waals surface area contributed by atoms with E-state index < -0.39 is 0 Å². The van der Waals surface area contributed by atoms with Crippen LogP contribution in [0.5, 0.6) is 0 Å². The summed E-state index contributed by atoms with van der Waals surface area (Å²) in [5.74, 6) is 0. The Morgan fingerprint density at radius 2 is 1.68 bits per heavy atom. The van der Waals surface area contributed by atoms with Crippen molar-refractivity contribution in [1.29, 1.82) is 0 Å². The lowest BCUT2D eigenvalue weighted by atomic mass is 9.99. The van der Waals surface area contributed by atoms with Crippen LogP contribution in [0.3, 0.4) is 0 Å². The van der Waals surface area contributed by atoms with Crippen molar-refractivity contribution in [2.45, 2.75) is 39.7 Å². The van der Waals surface area contributed by atoms with Gasteiger partial charge in [-0.2, -0.15) is 5.10 Å². The average molecular weight is 373 g/mol. The van der Waals surface area contributed by atoms with Crippen LogP contribution < -0.4 is 0 Å². The van der Waals surface area contributed by atoms with Gasteiger partial charge in [-0.05, 0) is 44.0 Å². The van der Waals surface area contributed by atoms with E-state index in [2.05, 4.69) is 49.7 Å². The molecule has 3 aromatic rings. The molecule has 0 saturated heterocycles. The van der Waals surface area contributed by atoms with Gasteiger partial charge in [0.2, 0.25) is 0 Å². The highest BCUT2D eigenvalue weighted by atomic mass is 35.5. The maximum atomic E-state index is 6.27. The van der Waals surface area contributed by atoms with Gasteiger partial charge in [0.05, 0.1) is 11.4 Å². The van der Waals surface area contributed by atoms with Crippen molar-refractivity contribution >= 4 is 23.2 Å². The van der Waals surface area contributed by atoms with Crippen molar-refractivity contribution in [3.63, 3.8) is 0 Å². The number of hydrogen-bond donors (Lipinski definition) is 0. The van der Waals surface area contributed by atoms with E-state index in [4.69, 9.17) is 28.3 Å². The lowest BCUT2D eigenvalue weighted by molar-refractivity contribution is 0.480. The predicted octanol–water partition coefficient (Wildman–Crippen LogP) is 6.73. The zero-order valence-corrected chi connectivity index (χ0v) is 16.3. The van der Waals surface area contributed by atoms with Gasteiger partial charge in [0.1, 0.15) is 0 Å². The fraction of sp³-hybridized carbons (Fsp3) is 0.286. The standard InChI is InChI=1S/C21H22Cl2N2/c1-4-14(2)25-21(17-11-18(22)13-19(23)12-17)20(15(3)24-25)10-16-8-6-5-7-9-16/h5-9,11-14H,4,10H2,1-3H3. The number of benzene rings is 2. The Bertz CT molecular complexity index is 849. The smallest absolute Gasteiger partial charge is 0.0724 e. The molecule has 1 unspecified atom stereocenters. The minimum atomic E-state index is 0.302. The van der Waals surface area contributed by atoms with Crippen molar-refractivity contribution in [3.8, 4) is 11.3 Å². The summed E-state index contributed by atoms with van der Waals surface area (Å²) in [7, 11) is 0. The van der Waals surface area contributed by atoms with Gasteiger partial charge in [0, 0.05) is 33.6 Å². The molecule has 0 N–H and O–H groups in total. The van der Waals surface area contributed by atoms with Crippen LogP contribution in [0.1, 0.15) is 43.1 Å². The molecule has 0 aliphatic rings. The second-order valence-corrected chi connectivity index (χ2v) is 7.31. The second-order valence-electron chi connectivity index (χ2n) is 6.43. The molecule has 1 aromatic heterocycles. The van der Waals surface area contributed by atoms with Gasteiger partial charge in [-0.3, -0.25) is 4.68 Å². The Kier molecular flexibility index (Phi) is 5.51. The second kappa shape index (κ2) is 7.63. The van der Waals surface area contributed by atoms with Crippen molar-refractivity contribution in [3.05, 3.63) is 75.4 Å². The zero-order chi connectivity index (χ0) is 18.0. The molecule has 1 heterocycles. The average Bonchev–Trinajstić information content (AvgIpc) is 2.91. The molecule has 0 bridgehead atoms. The van der Waals surface area contributed by atoms with E-state index in [0.29, 0.717) is 16.1 Å². The highest BCUT2D eigenvalue weighted by Gasteiger charge is 2.20. The lowest BCUT2D eigenvalue weighted by Crippen LogP contribution is -2.08. The summed E-state index contributed by atoms with van der Waals surface area (Å²) in [4.78, 5) is 0. The number of rotatable bonds is 5. The third-order valence-electron chi connectivity index (χ3n) is 4.58. The Balaban J connectivity index is 2.18. The van der Waals surface area contributed by atoms with E-state index >= 15 is 0 Å². The van der Waals surface area contributed by atoms with Crippen LogP contribution in [-0.4, -0.2) is 9.78 Å². The SMILES string of the molecule is CCC(C)n1nc(C)c(Cc2ccccc2)c1-c1cc(Cl)cc(Cl)c1. The van der Waals surface area contributed by atoms with Gasteiger partial charge in [0.15, 0.2) is 0 Å². The zero-order valence-electron chi connectivity index (χ0n) is 14.8. The summed E-state index contributed by atoms with van der Waals surface area (Å²) in [6.45, 7) is 6.44. The van der Waals surface area contributed by atoms with Crippen molar-refractivity contribution < 1.29 is 0 Å². The predicted molar refractivity (Wildman–Crippen MR) is 107 cm³/mol. The molecule has 0 amide bonds. The maximum Gasteiger partial charge on any atom is 0.0724 e. The van der Waals surface area contributed by atoms with Gasteiger partial charge >= 0.3 is 0 Å². The Hall–Kier alpha value is -1.77. The molecule has 0 aliphatic heterocycles. The molecule has 0 spiro atoms. The van der Waals surface area contributed by atoms with Crippen LogP contribution in [0.15, 0.2) is 48.5 Å². The monoisotopic (exact) mass is 372 g/mol. The molecule has 4 heteroatoms. The molecule has 3 rings (SSSR count). The van der Waals surface area contributed by atoms with Crippen molar-refractivity contribution in [2.75, 3.05) is 0 Å². The summed E-state index contributed by atoms with van der Waals surface area (Å²) in [5.41, 5.74) is 5.67. The number of hydrogen-bond acceptors (Lipinski definition) is 1. The first-order chi connectivity index (χ1) is 12.0. The third-order valence-corrected chi connectivity index (χ3v) is 5.01. The number of aromatic nitrogens is 2. The fourth-order valence-corrected chi connectivity index (χ4v) is 3.61. The molecule has 2 nitrogen and oxygen atoms in total. The van der Waals surface area contributed by atoms with Crippen LogP contribution in [0.25, 0.3) is 11.3 Å². The van der Waals surface area contributed by atoms with Crippen molar-refractivity contribution in [2.24, 2.45) is 0 Å². The first kappa shape index (κ1) is 18.0. The van der Waals surface area contributed by atoms with Crippen LogP contribution >= 0.6 is 23.2 Å². The summed E-state index contributed by atoms with van der Waals surface area (Å²) in [6, 6.07) is 16.5. The lowest BCUT2D eigenvalue weighted by Gasteiger charge is -2.16. The number of halogens is 2. The largest absolute Gasteiger partial charge is 0.262 e. The summed E-state index contributed by atoms with van der Waals surface area (Å²) in [6.07, 6.45) is 1.84. The number of aryl methyl sites for hydroxylation is 1. The molecule has 1 atom stereocenters. The molecule has 0 aliphatic carbocycles. The van der Waals surface area contributed by atoms with Crippen molar-refractivity contribution in [1.82, 2.24) is 9.78 Å². The summed E-state index contributed by atoms with van der Waals surface area (Å²) in [5, 5.41) is 6.13. The number of nitrogens with zero attached hydrogens (tertiary/aromatic N) is 2. The Labute approximate surface area is 159 Å². The van der Waals surface area contributed by atoms with Gasteiger partial charge in [-0.15, -0.1) is 0 Å². The van der Waals surface area contributed by atoms with Crippen LogP contribution in [0.2, 0.25) is 10.0 Å². The summed E-state index contributed by atoms with van der Waals surface area (Å²) < 4.78 is 2.12. The third kappa shape index (κ3) is 3.91. The van der Waals surface area contributed by atoms with E-state index in [1.165, 1.54) is 11.1 Å². The molecule has 130 valence electrons. The minimum absolute atomic E-state index is 0.302. The highest BCUT2D eigenvalue weighted by molar-refractivity contribution is 6.35. The molecule has 0 radical (unpaired) electrons. The van der Waals surface area contributed by atoms with Gasteiger partial charge in [-0.25, -0.2) is 0 Å². The Morgan fingerprint density at radius 3 is 2.28 bits per heavy atom. The quantitative estimate of drug-likeness (QED) is 0.485. The van der Waals surface area contributed by atoms with Gasteiger partial charge in [-0.1, -0.05) is 60.5 Å². The van der Waals surface area contributed by atoms with Crippen LogP contribution in [0.4, 0.5) is 0 Å². The normalized spacial score (nSPS) is 12.4. The molecule has 2 aromatic carbocycles. The first-order valence-corrected chi connectivity index (χ1v) is 9.33. The fourth-order valence-electron chi connectivity index (χ4n) is 3.08. The van der Waals surface area contributed by atoms with E-state index in [1.807, 2.05) is 18.2 Å². The maximum absolute atomic E-state index is 6.27. The molecule has 25 heavy (non-hydrogen) atoms. The van der Waals surface area contributed by atoms with E-state index in [1.54, 1.807) is 6.07 Å². The van der Waals surface area contributed by atoms with Gasteiger partial charge in [0.25, 0.3) is 0 Å². The molecular formula is C21H22Cl2N2. The van der Waals surface area contributed by atoms with E-state index in [0.717, 1.165) is 29.8 Å². The first-order valence-electron chi connectivity index (χ1n) is 8.58. The topological polar surface area (TPSA) is 17.8 Å². The van der Waals surface area contributed by atoms with E-state index in [-0.39, 0.29) is 0 Å². The molecular weight excluding hydrogens is 351 g/mol. The van der Waals surface area contributed by atoms with Crippen LogP contribution in [-0.2, 0) is 6.42 Å². The Morgan fingerprint density at radius 1 is 1.04 bits per heavy atom. The molecule has 0 saturated carbocycles. The molecule has 0 fully saturated rings. The van der Waals surface area contributed by atoms with Crippen LogP contribution in [0, 0.1) is 6.92 Å². The summed E-state index contributed by atoms with van der Waals surface area (Å²) >= 11 is 12.5. The van der Waals surface area contributed by atoms with E-state index in [9.17, 15) is 0 Å². The van der Waals surface area contributed by atoms with Gasteiger partial charge < -0.3 is 0 Å². The highest BCUT2D eigenvalue weighted by Crippen LogP contribution is 2.34. The minimum Gasteiger partial charge on any atom is -0.262 e.